The lowest BCUT2D eigenvalue weighted by Gasteiger charge is -2.31. The predicted octanol–water partition coefficient (Wildman–Crippen LogP) is 2.86. The molecule has 3 aliphatic heterocycles. The second-order valence-electron chi connectivity index (χ2n) is 8.82. The highest BCUT2D eigenvalue weighted by atomic mass is 16.5. The standard InChI is InChI=1S/C23H30N4O2/c28-22(12-17-6-10-29-11-7-17)27-14-19-13-26(16-21-24-8-9-25-21)15-20(19)23(27)18-4-2-1-3-5-18/h1-5,8-9,17,19-20,23H,6-7,10-16H2,(H,24,25)/t19-,20-,23+/m0/s1. The first-order chi connectivity index (χ1) is 14.3. The molecular formula is C23H30N4O2. The Labute approximate surface area is 172 Å². The first-order valence-electron chi connectivity index (χ1n) is 10.9. The second-order valence-corrected chi connectivity index (χ2v) is 8.82. The van der Waals surface area contributed by atoms with Crippen molar-refractivity contribution in [1.29, 1.82) is 0 Å². The van der Waals surface area contributed by atoms with Crippen molar-refractivity contribution in [3.8, 4) is 0 Å². The number of fused-ring (bicyclic) bond motifs is 1. The van der Waals surface area contributed by atoms with Gasteiger partial charge in [-0.1, -0.05) is 30.3 Å². The summed E-state index contributed by atoms with van der Waals surface area (Å²) in [5.74, 6) is 2.86. The molecule has 0 aliphatic carbocycles. The monoisotopic (exact) mass is 394 g/mol. The van der Waals surface area contributed by atoms with Crippen LogP contribution in [0.1, 0.15) is 36.7 Å². The molecule has 3 atom stereocenters. The number of likely N-dealkylation sites (tertiary alicyclic amines) is 2. The van der Waals surface area contributed by atoms with Gasteiger partial charge in [0, 0.05) is 57.6 Å². The molecule has 2 aromatic rings. The van der Waals surface area contributed by atoms with E-state index in [1.165, 1.54) is 5.56 Å². The lowest BCUT2D eigenvalue weighted by atomic mass is 9.89. The number of carbonyl (C=O) groups is 1. The van der Waals surface area contributed by atoms with Gasteiger partial charge in [0.2, 0.25) is 5.91 Å². The van der Waals surface area contributed by atoms with E-state index in [2.05, 4.69) is 50.1 Å². The molecule has 1 aromatic carbocycles. The molecular weight excluding hydrogens is 364 g/mol. The van der Waals surface area contributed by atoms with Crippen LogP contribution in [0.15, 0.2) is 42.7 Å². The summed E-state index contributed by atoms with van der Waals surface area (Å²) in [5.41, 5.74) is 1.28. The van der Waals surface area contributed by atoms with Gasteiger partial charge < -0.3 is 14.6 Å². The van der Waals surface area contributed by atoms with E-state index >= 15 is 0 Å². The fourth-order valence-electron chi connectivity index (χ4n) is 5.51. The van der Waals surface area contributed by atoms with Crippen LogP contribution in [0.2, 0.25) is 0 Å². The molecule has 0 unspecified atom stereocenters. The van der Waals surface area contributed by atoms with Gasteiger partial charge in [0.1, 0.15) is 5.82 Å². The number of aromatic amines is 1. The Balaban J connectivity index is 1.32. The van der Waals surface area contributed by atoms with Gasteiger partial charge in [-0.05, 0) is 30.2 Å². The third kappa shape index (κ3) is 3.96. The zero-order valence-corrected chi connectivity index (χ0v) is 16.9. The zero-order valence-electron chi connectivity index (χ0n) is 16.9. The number of nitrogens with zero attached hydrogens (tertiary/aromatic N) is 3. The quantitative estimate of drug-likeness (QED) is 0.847. The van der Waals surface area contributed by atoms with Gasteiger partial charge in [-0.3, -0.25) is 9.69 Å². The molecule has 1 aromatic heterocycles. The number of H-pyrrole nitrogens is 1. The SMILES string of the molecule is O=C(CC1CCOCC1)N1C[C@@H]2CN(Cc3ncc[nH]3)C[C@@H]2[C@H]1c1ccccc1. The van der Waals surface area contributed by atoms with Crippen LogP contribution in [-0.2, 0) is 16.1 Å². The van der Waals surface area contributed by atoms with Crippen LogP contribution in [-0.4, -0.2) is 58.5 Å². The number of nitrogens with one attached hydrogen (secondary N) is 1. The molecule has 3 aliphatic rings. The molecule has 0 spiro atoms. The van der Waals surface area contributed by atoms with Crippen LogP contribution >= 0.6 is 0 Å². The number of aromatic nitrogens is 2. The number of hydrogen-bond acceptors (Lipinski definition) is 4. The number of benzene rings is 1. The van der Waals surface area contributed by atoms with Crippen molar-refractivity contribution < 1.29 is 9.53 Å². The molecule has 0 bridgehead atoms. The number of hydrogen-bond donors (Lipinski definition) is 1. The minimum absolute atomic E-state index is 0.190. The topological polar surface area (TPSA) is 61.5 Å². The lowest BCUT2D eigenvalue weighted by molar-refractivity contribution is -0.134. The molecule has 29 heavy (non-hydrogen) atoms. The molecule has 6 heteroatoms. The summed E-state index contributed by atoms with van der Waals surface area (Å²) in [6, 6.07) is 10.8. The van der Waals surface area contributed by atoms with E-state index in [0.717, 1.165) is 58.1 Å². The minimum Gasteiger partial charge on any atom is -0.381 e. The van der Waals surface area contributed by atoms with Crippen LogP contribution in [0.5, 0.6) is 0 Å². The van der Waals surface area contributed by atoms with Crippen molar-refractivity contribution >= 4 is 5.91 Å². The second kappa shape index (κ2) is 8.28. The Kier molecular flexibility index (Phi) is 5.38. The van der Waals surface area contributed by atoms with E-state index < -0.39 is 0 Å². The van der Waals surface area contributed by atoms with Crippen LogP contribution in [0.4, 0.5) is 0 Å². The Morgan fingerprint density at radius 3 is 2.72 bits per heavy atom. The summed E-state index contributed by atoms with van der Waals surface area (Å²) < 4.78 is 5.47. The molecule has 6 nitrogen and oxygen atoms in total. The van der Waals surface area contributed by atoms with Crippen molar-refractivity contribution in [3.05, 3.63) is 54.1 Å². The van der Waals surface area contributed by atoms with E-state index in [0.29, 0.717) is 30.1 Å². The lowest BCUT2D eigenvalue weighted by Crippen LogP contribution is -2.37. The number of imidazole rings is 1. The fourth-order valence-corrected chi connectivity index (χ4v) is 5.51. The molecule has 1 N–H and O–H groups in total. The summed E-state index contributed by atoms with van der Waals surface area (Å²) in [7, 11) is 0. The molecule has 0 radical (unpaired) electrons. The summed E-state index contributed by atoms with van der Waals surface area (Å²) in [5, 5.41) is 0. The van der Waals surface area contributed by atoms with Crippen molar-refractivity contribution in [1.82, 2.24) is 19.8 Å². The van der Waals surface area contributed by atoms with E-state index in [1.807, 2.05) is 12.4 Å². The normalized spacial score (nSPS) is 28.0. The van der Waals surface area contributed by atoms with E-state index in [9.17, 15) is 4.79 Å². The maximum Gasteiger partial charge on any atom is 0.223 e. The van der Waals surface area contributed by atoms with Crippen molar-refractivity contribution in [3.63, 3.8) is 0 Å². The van der Waals surface area contributed by atoms with Crippen LogP contribution in [0, 0.1) is 17.8 Å². The van der Waals surface area contributed by atoms with Crippen molar-refractivity contribution in [2.24, 2.45) is 17.8 Å². The summed E-state index contributed by atoms with van der Waals surface area (Å²) >= 11 is 0. The van der Waals surface area contributed by atoms with Crippen LogP contribution in [0.3, 0.4) is 0 Å². The fraction of sp³-hybridized carbons (Fsp3) is 0.565. The van der Waals surface area contributed by atoms with E-state index in [-0.39, 0.29) is 6.04 Å². The van der Waals surface area contributed by atoms with E-state index in [4.69, 9.17) is 4.74 Å². The number of amides is 1. The molecule has 1 amide bonds. The summed E-state index contributed by atoms with van der Waals surface area (Å²) in [6.07, 6.45) is 6.40. The molecule has 3 saturated heterocycles. The van der Waals surface area contributed by atoms with Gasteiger partial charge in [-0.15, -0.1) is 0 Å². The van der Waals surface area contributed by atoms with Crippen molar-refractivity contribution in [2.75, 3.05) is 32.8 Å². The molecule has 5 rings (SSSR count). The molecule has 3 fully saturated rings. The summed E-state index contributed by atoms with van der Waals surface area (Å²) in [4.78, 5) is 25.6. The smallest absolute Gasteiger partial charge is 0.223 e. The van der Waals surface area contributed by atoms with Crippen LogP contribution < -0.4 is 0 Å². The highest BCUT2D eigenvalue weighted by molar-refractivity contribution is 5.77. The largest absolute Gasteiger partial charge is 0.381 e. The van der Waals surface area contributed by atoms with Gasteiger partial charge >= 0.3 is 0 Å². The predicted molar refractivity (Wildman–Crippen MR) is 110 cm³/mol. The van der Waals surface area contributed by atoms with Gasteiger partial charge in [0.05, 0.1) is 12.6 Å². The Morgan fingerprint density at radius 1 is 1.14 bits per heavy atom. The highest BCUT2D eigenvalue weighted by Gasteiger charge is 2.49. The minimum atomic E-state index is 0.190. The first-order valence-corrected chi connectivity index (χ1v) is 10.9. The molecule has 154 valence electrons. The van der Waals surface area contributed by atoms with E-state index in [1.54, 1.807) is 0 Å². The summed E-state index contributed by atoms with van der Waals surface area (Å²) in [6.45, 7) is 5.39. The Morgan fingerprint density at radius 2 is 1.97 bits per heavy atom. The van der Waals surface area contributed by atoms with Crippen LogP contribution in [0.25, 0.3) is 0 Å². The third-order valence-electron chi connectivity index (χ3n) is 6.93. The average Bonchev–Trinajstić information content (AvgIpc) is 3.46. The number of carbonyl (C=O) groups excluding carboxylic acids is 1. The molecule has 0 saturated carbocycles. The highest BCUT2D eigenvalue weighted by Crippen LogP contribution is 2.45. The maximum atomic E-state index is 13.3. The Hall–Kier alpha value is -2.18. The number of ether oxygens (including phenoxy) is 1. The van der Waals surface area contributed by atoms with Gasteiger partial charge in [0.25, 0.3) is 0 Å². The maximum absolute atomic E-state index is 13.3. The zero-order chi connectivity index (χ0) is 19.6. The third-order valence-corrected chi connectivity index (χ3v) is 6.93. The Bertz CT molecular complexity index is 804. The van der Waals surface area contributed by atoms with Gasteiger partial charge in [0.15, 0.2) is 0 Å². The van der Waals surface area contributed by atoms with Gasteiger partial charge in [-0.25, -0.2) is 4.98 Å². The first kappa shape index (κ1) is 18.8. The van der Waals surface area contributed by atoms with Crippen molar-refractivity contribution in [2.45, 2.75) is 31.8 Å². The van der Waals surface area contributed by atoms with Gasteiger partial charge in [-0.2, -0.15) is 0 Å². The number of rotatable bonds is 5. The average molecular weight is 395 g/mol. The molecule has 4 heterocycles.